The van der Waals surface area contributed by atoms with Crippen LogP contribution in [-0.2, 0) is 6.54 Å². The molecule has 0 unspecified atom stereocenters. The number of nitriles is 1. The quantitative estimate of drug-likeness (QED) is 0.253. The summed E-state index contributed by atoms with van der Waals surface area (Å²) in [4.78, 5) is 4.67. The van der Waals surface area contributed by atoms with Gasteiger partial charge in [-0.15, -0.1) is 11.3 Å². The zero-order chi connectivity index (χ0) is 22.1. The molecular weight excluding hydrogens is 480 g/mol. The molecule has 0 aliphatic carbocycles. The van der Waals surface area contributed by atoms with Crippen LogP contribution in [-0.4, -0.2) is 9.55 Å². The molecule has 2 aromatic heterocycles. The lowest BCUT2D eigenvalue weighted by molar-refractivity contribution is 0.827. The predicted molar refractivity (Wildman–Crippen MR) is 138 cm³/mol. The summed E-state index contributed by atoms with van der Waals surface area (Å²) in [6.07, 6.45) is 1.74. The van der Waals surface area contributed by atoms with Crippen molar-refractivity contribution in [3.05, 3.63) is 87.8 Å². The fourth-order valence-electron chi connectivity index (χ4n) is 3.96. The first-order valence-corrected chi connectivity index (χ1v) is 11.9. The van der Waals surface area contributed by atoms with Crippen molar-refractivity contribution < 1.29 is 0 Å². The Bertz CT molecular complexity index is 1520. The van der Waals surface area contributed by atoms with E-state index in [0.717, 1.165) is 28.0 Å². The molecule has 0 bridgehead atoms. The Hall–Kier alpha value is -3.40. The zero-order valence-corrected chi connectivity index (χ0v) is 19.7. The maximum absolute atomic E-state index is 9.73. The van der Waals surface area contributed by atoms with Crippen molar-refractivity contribution in [3.8, 4) is 17.3 Å². The molecule has 32 heavy (non-hydrogen) atoms. The number of halogens is 1. The van der Waals surface area contributed by atoms with E-state index >= 15 is 0 Å². The Kier molecular flexibility index (Phi) is 5.52. The van der Waals surface area contributed by atoms with Gasteiger partial charge in [-0.2, -0.15) is 5.26 Å². The molecule has 0 aliphatic heterocycles. The summed E-state index contributed by atoms with van der Waals surface area (Å²) in [7, 11) is 0. The SMILES string of the molecule is CCn1c2ccccc2c2cc(NC=C(C#N)c3nc(-c4cccc(Br)c4)cs3)ccc21. The molecule has 0 aliphatic rings. The number of aryl methyl sites for hydroxylation is 1. The second-order valence-corrected chi connectivity index (χ2v) is 9.13. The minimum absolute atomic E-state index is 0.507. The van der Waals surface area contributed by atoms with E-state index in [-0.39, 0.29) is 0 Å². The number of para-hydroxylation sites is 1. The molecule has 0 amide bonds. The number of aromatic nitrogens is 2. The molecule has 5 rings (SSSR count). The van der Waals surface area contributed by atoms with Crippen LogP contribution in [0.2, 0.25) is 0 Å². The topological polar surface area (TPSA) is 53.6 Å². The van der Waals surface area contributed by atoms with Gasteiger partial charge in [-0.25, -0.2) is 4.98 Å². The maximum Gasteiger partial charge on any atom is 0.136 e. The number of nitrogens with zero attached hydrogens (tertiary/aromatic N) is 3. The van der Waals surface area contributed by atoms with Crippen LogP contribution >= 0.6 is 27.3 Å². The van der Waals surface area contributed by atoms with Crippen molar-refractivity contribution in [1.29, 1.82) is 5.26 Å². The molecule has 5 aromatic rings. The standard InChI is InChI=1S/C26H19BrN4S/c1-2-31-24-9-4-3-8-21(24)22-13-20(10-11-25(22)31)29-15-18(14-28)26-30-23(16-32-26)17-6-5-7-19(27)12-17/h3-13,15-16,29H,2H2,1H3. The molecule has 3 aromatic carbocycles. The van der Waals surface area contributed by atoms with Gasteiger partial charge < -0.3 is 9.88 Å². The Morgan fingerprint density at radius 1 is 1.09 bits per heavy atom. The zero-order valence-electron chi connectivity index (χ0n) is 17.3. The van der Waals surface area contributed by atoms with E-state index in [0.29, 0.717) is 10.6 Å². The minimum Gasteiger partial charge on any atom is -0.360 e. The summed E-state index contributed by atoms with van der Waals surface area (Å²) in [6.45, 7) is 3.08. The number of rotatable bonds is 5. The van der Waals surface area contributed by atoms with Crippen LogP contribution in [0.4, 0.5) is 5.69 Å². The number of hydrogen-bond acceptors (Lipinski definition) is 4. The third kappa shape index (κ3) is 3.70. The van der Waals surface area contributed by atoms with E-state index in [2.05, 4.69) is 80.2 Å². The van der Waals surface area contributed by atoms with E-state index in [9.17, 15) is 5.26 Å². The van der Waals surface area contributed by atoms with Crippen LogP contribution in [0.5, 0.6) is 0 Å². The average Bonchev–Trinajstić information content (AvgIpc) is 3.42. The lowest BCUT2D eigenvalue weighted by atomic mass is 10.1. The first kappa shape index (κ1) is 20.5. The molecule has 0 spiro atoms. The molecule has 6 heteroatoms. The van der Waals surface area contributed by atoms with Crippen LogP contribution in [0.1, 0.15) is 11.9 Å². The van der Waals surface area contributed by atoms with Gasteiger partial charge in [0.05, 0.1) is 5.69 Å². The molecule has 0 saturated heterocycles. The van der Waals surface area contributed by atoms with Crippen molar-refractivity contribution in [2.75, 3.05) is 5.32 Å². The van der Waals surface area contributed by atoms with Crippen molar-refractivity contribution in [2.45, 2.75) is 13.5 Å². The number of hydrogen-bond donors (Lipinski definition) is 1. The lowest BCUT2D eigenvalue weighted by Gasteiger charge is -2.05. The number of nitrogens with one attached hydrogen (secondary N) is 1. The first-order valence-electron chi connectivity index (χ1n) is 10.3. The maximum atomic E-state index is 9.73. The Morgan fingerprint density at radius 3 is 2.75 bits per heavy atom. The predicted octanol–water partition coefficient (Wildman–Crippen LogP) is 7.68. The third-order valence-corrected chi connectivity index (χ3v) is 6.82. The fraction of sp³-hybridized carbons (Fsp3) is 0.0769. The van der Waals surface area contributed by atoms with Crippen molar-refractivity contribution in [1.82, 2.24) is 9.55 Å². The Balaban J connectivity index is 1.46. The number of benzene rings is 3. The molecule has 0 fully saturated rings. The van der Waals surface area contributed by atoms with Gasteiger partial charge in [-0.3, -0.25) is 0 Å². The molecule has 0 atom stereocenters. The smallest absolute Gasteiger partial charge is 0.136 e. The summed E-state index contributed by atoms with van der Waals surface area (Å²) in [5.74, 6) is 0. The van der Waals surface area contributed by atoms with Crippen LogP contribution < -0.4 is 5.32 Å². The highest BCUT2D eigenvalue weighted by Gasteiger charge is 2.11. The van der Waals surface area contributed by atoms with Crippen molar-refractivity contribution in [2.24, 2.45) is 0 Å². The van der Waals surface area contributed by atoms with Crippen molar-refractivity contribution >= 4 is 60.3 Å². The Labute approximate surface area is 198 Å². The number of anilines is 1. The van der Waals surface area contributed by atoms with Gasteiger partial charge in [0.1, 0.15) is 16.6 Å². The monoisotopic (exact) mass is 498 g/mol. The number of allylic oxidation sites excluding steroid dienone is 1. The summed E-state index contributed by atoms with van der Waals surface area (Å²) in [6, 6.07) is 25.1. The molecule has 0 saturated carbocycles. The highest BCUT2D eigenvalue weighted by atomic mass is 79.9. The van der Waals surface area contributed by atoms with E-state index in [1.165, 1.54) is 33.1 Å². The van der Waals surface area contributed by atoms with E-state index in [1.54, 1.807) is 6.20 Å². The van der Waals surface area contributed by atoms with E-state index in [4.69, 9.17) is 0 Å². The van der Waals surface area contributed by atoms with Crippen LogP contribution in [0, 0.1) is 11.3 Å². The van der Waals surface area contributed by atoms with Gasteiger partial charge in [0, 0.05) is 55.7 Å². The van der Waals surface area contributed by atoms with Gasteiger partial charge in [0.15, 0.2) is 0 Å². The van der Waals surface area contributed by atoms with Gasteiger partial charge in [-0.1, -0.05) is 46.3 Å². The largest absolute Gasteiger partial charge is 0.360 e. The second-order valence-electron chi connectivity index (χ2n) is 7.36. The average molecular weight is 499 g/mol. The van der Waals surface area contributed by atoms with Gasteiger partial charge >= 0.3 is 0 Å². The van der Waals surface area contributed by atoms with Crippen LogP contribution in [0.3, 0.4) is 0 Å². The molecule has 1 N–H and O–H groups in total. The lowest BCUT2D eigenvalue weighted by Crippen LogP contribution is -1.94. The molecule has 0 radical (unpaired) electrons. The third-order valence-electron chi connectivity index (χ3n) is 5.45. The summed E-state index contributed by atoms with van der Waals surface area (Å²) >= 11 is 4.97. The molecular formula is C26H19BrN4S. The highest BCUT2D eigenvalue weighted by molar-refractivity contribution is 9.10. The van der Waals surface area contributed by atoms with Crippen LogP contribution in [0.25, 0.3) is 38.6 Å². The number of thiazole rings is 1. The summed E-state index contributed by atoms with van der Waals surface area (Å²) < 4.78 is 3.33. The van der Waals surface area contributed by atoms with Gasteiger partial charge in [0.2, 0.25) is 0 Å². The summed E-state index contributed by atoms with van der Waals surface area (Å²) in [5, 5.41) is 18.1. The molecule has 4 nitrogen and oxygen atoms in total. The molecule has 2 heterocycles. The molecule has 156 valence electrons. The fourth-order valence-corrected chi connectivity index (χ4v) is 5.15. The van der Waals surface area contributed by atoms with Gasteiger partial charge in [-0.05, 0) is 43.3 Å². The first-order chi connectivity index (χ1) is 15.7. The highest BCUT2D eigenvalue weighted by Crippen LogP contribution is 2.32. The second kappa shape index (κ2) is 8.62. The van der Waals surface area contributed by atoms with Crippen LogP contribution in [0.15, 0.2) is 82.8 Å². The van der Waals surface area contributed by atoms with Crippen molar-refractivity contribution in [3.63, 3.8) is 0 Å². The van der Waals surface area contributed by atoms with E-state index in [1.807, 2.05) is 35.7 Å². The minimum atomic E-state index is 0.507. The summed E-state index contributed by atoms with van der Waals surface area (Å²) in [5.41, 5.74) is 5.77. The number of fused-ring (bicyclic) bond motifs is 3. The normalized spacial score (nSPS) is 11.7. The Morgan fingerprint density at radius 2 is 1.94 bits per heavy atom. The van der Waals surface area contributed by atoms with E-state index < -0.39 is 0 Å². The van der Waals surface area contributed by atoms with Gasteiger partial charge in [0.25, 0.3) is 0 Å².